The largest absolute Gasteiger partial charge is 0.337 e. The van der Waals surface area contributed by atoms with Gasteiger partial charge in [0.1, 0.15) is 6.67 Å². The Hall–Kier alpha value is -3.31. The average Bonchev–Trinajstić information content (AvgIpc) is 3.33. The number of rotatable bonds is 10. The molecule has 0 saturated carbocycles. The SMILES string of the molecule is CCC(C)C(N)c1nc(-c2cccc(S(=O)(=O)Nc3cccc(NC(=O)C(C)(C)CF)c3)c2)no1. The molecule has 1 amide bonds. The van der Waals surface area contributed by atoms with Crippen molar-refractivity contribution in [2.75, 3.05) is 16.7 Å². The van der Waals surface area contributed by atoms with Gasteiger partial charge in [-0.25, -0.2) is 12.8 Å². The molecule has 0 aliphatic heterocycles. The van der Waals surface area contributed by atoms with Gasteiger partial charge in [0.05, 0.1) is 22.0 Å². The third-order valence-corrected chi connectivity index (χ3v) is 7.09. The quantitative estimate of drug-likeness (QED) is 0.369. The molecule has 3 aromatic rings. The zero-order chi connectivity index (χ0) is 25.8. The number of nitrogens with two attached hydrogens (primary N) is 1. The van der Waals surface area contributed by atoms with Gasteiger partial charge in [-0.1, -0.05) is 43.6 Å². The molecular weight excluding hydrogens is 473 g/mol. The fourth-order valence-corrected chi connectivity index (χ4v) is 4.12. The Morgan fingerprint density at radius 2 is 1.86 bits per heavy atom. The van der Waals surface area contributed by atoms with E-state index in [-0.39, 0.29) is 28.2 Å². The Balaban J connectivity index is 1.80. The number of benzene rings is 2. The highest BCUT2D eigenvalue weighted by Crippen LogP contribution is 2.26. The van der Waals surface area contributed by atoms with Crippen molar-refractivity contribution >= 4 is 27.3 Å². The van der Waals surface area contributed by atoms with Gasteiger partial charge in [-0.05, 0) is 50.1 Å². The number of halogens is 1. The van der Waals surface area contributed by atoms with Gasteiger partial charge >= 0.3 is 0 Å². The molecule has 0 radical (unpaired) electrons. The van der Waals surface area contributed by atoms with E-state index in [9.17, 15) is 17.6 Å². The van der Waals surface area contributed by atoms with Crippen LogP contribution in [0.25, 0.3) is 11.4 Å². The molecule has 0 bridgehead atoms. The number of carbonyl (C=O) groups excluding carboxylic acids is 1. The molecule has 0 saturated heterocycles. The molecule has 0 spiro atoms. The van der Waals surface area contributed by atoms with Gasteiger partial charge in [0, 0.05) is 11.3 Å². The van der Waals surface area contributed by atoms with Crippen LogP contribution < -0.4 is 15.8 Å². The normalized spacial score (nSPS) is 13.8. The molecule has 2 unspecified atom stereocenters. The zero-order valence-electron chi connectivity index (χ0n) is 20.1. The van der Waals surface area contributed by atoms with E-state index < -0.39 is 34.1 Å². The van der Waals surface area contributed by atoms with Crippen molar-refractivity contribution in [2.45, 2.75) is 45.1 Å². The van der Waals surface area contributed by atoms with E-state index in [2.05, 4.69) is 20.2 Å². The molecule has 0 aliphatic rings. The van der Waals surface area contributed by atoms with Crippen molar-refractivity contribution in [1.29, 1.82) is 0 Å². The summed E-state index contributed by atoms with van der Waals surface area (Å²) in [5, 5.41) is 6.55. The lowest BCUT2D eigenvalue weighted by Gasteiger charge is -2.19. The number of hydrogen-bond donors (Lipinski definition) is 3. The Morgan fingerprint density at radius 1 is 1.17 bits per heavy atom. The minimum Gasteiger partial charge on any atom is -0.337 e. The van der Waals surface area contributed by atoms with Crippen LogP contribution >= 0.6 is 0 Å². The summed E-state index contributed by atoms with van der Waals surface area (Å²) < 4.78 is 46.9. The van der Waals surface area contributed by atoms with E-state index in [1.54, 1.807) is 30.3 Å². The molecule has 188 valence electrons. The molecule has 4 N–H and O–H groups in total. The summed E-state index contributed by atoms with van der Waals surface area (Å²) in [6, 6.07) is 11.9. The second-order valence-corrected chi connectivity index (χ2v) is 10.7. The van der Waals surface area contributed by atoms with Crippen LogP contribution in [0.15, 0.2) is 57.9 Å². The fourth-order valence-electron chi connectivity index (χ4n) is 3.02. The predicted molar refractivity (Wildman–Crippen MR) is 132 cm³/mol. The van der Waals surface area contributed by atoms with Gasteiger partial charge < -0.3 is 15.6 Å². The number of hydrogen-bond acceptors (Lipinski definition) is 7. The fraction of sp³-hybridized carbons (Fsp3) is 0.375. The number of nitrogens with one attached hydrogen (secondary N) is 2. The smallest absolute Gasteiger partial charge is 0.261 e. The lowest BCUT2D eigenvalue weighted by atomic mass is 9.94. The summed E-state index contributed by atoms with van der Waals surface area (Å²) in [5.41, 5.74) is 5.97. The number of anilines is 2. The van der Waals surface area contributed by atoms with E-state index in [0.717, 1.165) is 6.42 Å². The Morgan fingerprint density at radius 3 is 2.54 bits per heavy atom. The maximum Gasteiger partial charge on any atom is 0.261 e. The molecule has 9 nitrogen and oxygen atoms in total. The van der Waals surface area contributed by atoms with Gasteiger partial charge in [0.15, 0.2) is 0 Å². The summed E-state index contributed by atoms with van der Waals surface area (Å²) in [4.78, 5) is 16.6. The first-order valence-corrected chi connectivity index (χ1v) is 12.6. The number of sulfonamides is 1. The van der Waals surface area contributed by atoms with Crippen LogP contribution in [-0.4, -0.2) is 31.1 Å². The molecule has 0 aliphatic carbocycles. The van der Waals surface area contributed by atoms with Gasteiger partial charge in [0.25, 0.3) is 10.0 Å². The van der Waals surface area contributed by atoms with E-state index in [0.29, 0.717) is 11.3 Å². The molecule has 35 heavy (non-hydrogen) atoms. The van der Waals surface area contributed by atoms with E-state index in [1.807, 2.05) is 13.8 Å². The van der Waals surface area contributed by atoms with Gasteiger partial charge in [-0.15, -0.1) is 0 Å². The Labute approximate surface area is 204 Å². The first kappa shape index (κ1) is 26.3. The van der Waals surface area contributed by atoms with Crippen molar-refractivity contribution in [3.8, 4) is 11.4 Å². The topological polar surface area (TPSA) is 140 Å². The van der Waals surface area contributed by atoms with Crippen molar-refractivity contribution < 1.29 is 22.1 Å². The third kappa shape index (κ3) is 6.23. The van der Waals surface area contributed by atoms with Crippen LogP contribution in [0, 0.1) is 11.3 Å². The summed E-state index contributed by atoms with van der Waals surface area (Å²) in [6.07, 6.45) is 0.844. The standard InChI is InChI=1S/C24H30FN5O4S/c1-5-15(2)20(26)22-28-21(29-34-22)16-8-6-11-19(12-16)35(32,33)30-18-10-7-9-17(13-18)27-23(31)24(3,4)14-25/h6-13,15,20,30H,5,14,26H2,1-4H3,(H,27,31). The molecule has 1 aromatic heterocycles. The first-order chi connectivity index (χ1) is 16.5. The van der Waals surface area contributed by atoms with Crippen LogP contribution in [0.2, 0.25) is 0 Å². The van der Waals surface area contributed by atoms with Gasteiger partial charge in [0.2, 0.25) is 17.6 Å². The molecule has 1 heterocycles. The van der Waals surface area contributed by atoms with Crippen molar-refractivity contribution in [1.82, 2.24) is 10.1 Å². The number of nitrogens with zero attached hydrogens (tertiary/aromatic N) is 2. The number of alkyl halides is 1. The molecular formula is C24H30FN5O4S. The van der Waals surface area contributed by atoms with Gasteiger partial charge in [-0.3, -0.25) is 9.52 Å². The summed E-state index contributed by atoms with van der Waals surface area (Å²) in [6.45, 7) is 6.12. The third-order valence-electron chi connectivity index (χ3n) is 5.71. The number of carbonyl (C=O) groups is 1. The highest BCUT2D eigenvalue weighted by molar-refractivity contribution is 7.92. The lowest BCUT2D eigenvalue weighted by molar-refractivity contribution is -0.124. The maximum absolute atomic E-state index is 13.1. The Kier molecular flexibility index (Phi) is 7.91. The van der Waals surface area contributed by atoms with E-state index in [4.69, 9.17) is 10.3 Å². The Bertz CT molecular complexity index is 1290. The van der Waals surface area contributed by atoms with Crippen molar-refractivity contribution in [3.63, 3.8) is 0 Å². The summed E-state index contributed by atoms with van der Waals surface area (Å²) in [7, 11) is -3.98. The van der Waals surface area contributed by atoms with Crippen molar-refractivity contribution in [2.24, 2.45) is 17.1 Å². The highest BCUT2D eigenvalue weighted by atomic mass is 32.2. The summed E-state index contributed by atoms with van der Waals surface area (Å²) in [5.74, 6) is 0.148. The highest BCUT2D eigenvalue weighted by Gasteiger charge is 2.28. The van der Waals surface area contributed by atoms with E-state index >= 15 is 0 Å². The van der Waals surface area contributed by atoms with Crippen LogP contribution in [-0.2, 0) is 14.8 Å². The van der Waals surface area contributed by atoms with E-state index in [1.165, 1.54) is 32.0 Å². The maximum atomic E-state index is 13.1. The molecule has 3 rings (SSSR count). The van der Waals surface area contributed by atoms with Crippen molar-refractivity contribution in [3.05, 3.63) is 54.4 Å². The molecule has 2 atom stereocenters. The minimum atomic E-state index is -3.98. The molecule has 0 fully saturated rings. The van der Waals surface area contributed by atoms with Crippen LogP contribution in [0.4, 0.5) is 15.8 Å². The van der Waals surface area contributed by atoms with Crippen LogP contribution in [0.3, 0.4) is 0 Å². The number of aromatic nitrogens is 2. The minimum absolute atomic E-state index is 0.0134. The van der Waals surface area contributed by atoms with Crippen LogP contribution in [0.1, 0.15) is 46.0 Å². The summed E-state index contributed by atoms with van der Waals surface area (Å²) >= 11 is 0. The zero-order valence-corrected chi connectivity index (χ0v) is 20.9. The second-order valence-electron chi connectivity index (χ2n) is 9.05. The first-order valence-electron chi connectivity index (χ1n) is 11.2. The number of amides is 1. The van der Waals surface area contributed by atoms with Gasteiger partial charge in [-0.2, -0.15) is 4.98 Å². The van der Waals surface area contributed by atoms with Crippen LogP contribution in [0.5, 0.6) is 0 Å². The monoisotopic (exact) mass is 503 g/mol. The lowest BCUT2D eigenvalue weighted by Crippen LogP contribution is -2.32. The molecule has 2 aromatic carbocycles. The predicted octanol–water partition coefficient (Wildman–Crippen LogP) is 4.52. The average molecular weight is 504 g/mol. The molecule has 11 heteroatoms. The second kappa shape index (κ2) is 10.5.